The molecule has 4 rings (SSSR count). The van der Waals surface area contributed by atoms with Gasteiger partial charge in [0, 0.05) is 11.1 Å². The van der Waals surface area contributed by atoms with E-state index >= 15 is 0 Å². The van der Waals surface area contributed by atoms with Crippen molar-refractivity contribution in [2.24, 2.45) is 0 Å². The highest BCUT2D eigenvalue weighted by Crippen LogP contribution is 2.33. The Morgan fingerprint density at radius 2 is 1.72 bits per heavy atom. The van der Waals surface area contributed by atoms with E-state index in [0.29, 0.717) is 10.5 Å². The van der Waals surface area contributed by atoms with E-state index < -0.39 is 11.7 Å². The van der Waals surface area contributed by atoms with Crippen LogP contribution >= 0.6 is 11.3 Å². The number of benzene rings is 2. The van der Waals surface area contributed by atoms with Gasteiger partial charge in [0.15, 0.2) is 5.82 Å². The molecule has 25 heavy (non-hydrogen) atoms. The number of alkyl halides is 3. The van der Waals surface area contributed by atoms with E-state index in [2.05, 4.69) is 15.3 Å². The smallest absolute Gasteiger partial charge is 0.182 e. The first-order chi connectivity index (χ1) is 11.9. The summed E-state index contributed by atoms with van der Waals surface area (Å²) in [6, 6.07) is 12.9. The minimum atomic E-state index is -4.41. The molecule has 8 heteroatoms. The van der Waals surface area contributed by atoms with Crippen molar-refractivity contribution < 1.29 is 13.2 Å². The van der Waals surface area contributed by atoms with Gasteiger partial charge in [-0.1, -0.05) is 53.3 Å². The molecule has 0 unspecified atom stereocenters. The maximum Gasteiger partial charge on any atom is 0.416 e. The predicted molar refractivity (Wildman–Crippen MR) is 89.3 cm³/mol. The van der Waals surface area contributed by atoms with Gasteiger partial charge in [-0.25, -0.2) is 0 Å². The number of halogens is 3. The molecule has 0 saturated carbocycles. The lowest BCUT2D eigenvalue weighted by Crippen LogP contribution is -2.05. The fourth-order valence-electron chi connectivity index (χ4n) is 2.44. The van der Waals surface area contributed by atoms with Gasteiger partial charge in [0.2, 0.25) is 4.96 Å². The molecule has 0 fully saturated rings. The Hall–Kier alpha value is -2.74. The topological polar surface area (TPSA) is 43.1 Å². The highest BCUT2D eigenvalue weighted by Gasteiger charge is 2.31. The average molecular weight is 360 g/mol. The SMILES string of the molecule is Cc1ccc(-c2nn3c(-c4cccc(C(F)(F)F)c4)nnc3s2)cc1. The molecule has 0 bridgehead atoms. The van der Waals surface area contributed by atoms with Crippen LogP contribution in [0.2, 0.25) is 0 Å². The molecule has 2 heterocycles. The maximum atomic E-state index is 12.9. The molecule has 0 aliphatic rings. The van der Waals surface area contributed by atoms with Crippen LogP contribution in [0.25, 0.3) is 26.9 Å². The van der Waals surface area contributed by atoms with E-state index in [1.54, 1.807) is 6.07 Å². The van der Waals surface area contributed by atoms with Crippen LogP contribution in [0.15, 0.2) is 48.5 Å². The van der Waals surface area contributed by atoms with Gasteiger partial charge in [-0.3, -0.25) is 0 Å². The lowest BCUT2D eigenvalue weighted by Gasteiger charge is -2.07. The monoisotopic (exact) mass is 360 g/mol. The first-order valence-corrected chi connectivity index (χ1v) is 8.20. The van der Waals surface area contributed by atoms with Gasteiger partial charge in [-0.05, 0) is 19.1 Å². The van der Waals surface area contributed by atoms with Crippen molar-refractivity contribution in [3.63, 3.8) is 0 Å². The minimum Gasteiger partial charge on any atom is -0.182 e. The van der Waals surface area contributed by atoms with E-state index in [0.717, 1.165) is 28.3 Å². The zero-order chi connectivity index (χ0) is 17.6. The quantitative estimate of drug-likeness (QED) is 0.513. The Bertz CT molecular complexity index is 1050. The van der Waals surface area contributed by atoms with Crippen molar-refractivity contribution in [2.75, 3.05) is 0 Å². The molecule has 2 aromatic heterocycles. The molecule has 2 aromatic carbocycles. The fourth-order valence-corrected chi connectivity index (χ4v) is 3.29. The first kappa shape index (κ1) is 15.8. The Balaban J connectivity index is 1.80. The summed E-state index contributed by atoms with van der Waals surface area (Å²) in [7, 11) is 0. The molecule has 126 valence electrons. The van der Waals surface area contributed by atoms with E-state index in [1.165, 1.54) is 21.9 Å². The fraction of sp³-hybridized carbons (Fsp3) is 0.118. The van der Waals surface area contributed by atoms with Gasteiger partial charge < -0.3 is 0 Å². The van der Waals surface area contributed by atoms with Crippen molar-refractivity contribution in [1.29, 1.82) is 0 Å². The zero-order valence-corrected chi connectivity index (χ0v) is 13.8. The number of hydrogen-bond acceptors (Lipinski definition) is 4. The molecule has 0 saturated heterocycles. The second-order valence-electron chi connectivity index (χ2n) is 5.57. The molecule has 0 radical (unpaired) electrons. The Kier molecular flexibility index (Phi) is 3.57. The second kappa shape index (κ2) is 5.66. The van der Waals surface area contributed by atoms with Gasteiger partial charge in [0.1, 0.15) is 5.01 Å². The zero-order valence-electron chi connectivity index (χ0n) is 12.9. The van der Waals surface area contributed by atoms with Crippen LogP contribution in [0, 0.1) is 6.92 Å². The third kappa shape index (κ3) is 2.89. The molecular weight excluding hydrogens is 349 g/mol. The lowest BCUT2D eigenvalue weighted by atomic mass is 10.1. The maximum absolute atomic E-state index is 12.9. The van der Waals surface area contributed by atoms with Crippen LogP contribution in [-0.2, 0) is 6.18 Å². The van der Waals surface area contributed by atoms with E-state index in [4.69, 9.17) is 0 Å². The van der Waals surface area contributed by atoms with E-state index in [-0.39, 0.29) is 5.82 Å². The van der Waals surface area contributed by atoms with Crippen LogP contribution in [0.4, 0.5) is 13.2 Å². The van der Waals surface area contributed by atoms with Crippen LogP contribution < -0.4 is 0 Å². The van der Waals surface area contributed by atoms with E-state index in [1.807, 2.05) is 31.2 Å². The molecule has 0 atom stereocenters. The summed E-state index contributed by atoms with van der Waals surface area (Å²) in [6.45, 7) is 1.99. The minimum absolute atomic E-state index is 0.288. The molecule has 0 aliphatic carbocycles. The van der Waals surface area contributed by atoms with Gasteiger partial charge in [0.25, 0.3) is 0 Å². The number of nitrogens with zero attached hydrogens (tertiary/aromatic N) is 4. The summed E-state index contributed by atoms with van der Waals surface area (Å²) in [4.78, 5) is 0.531. The summed E-state index contributed by atoms with van der Waals surface area (Å²) < 4.78 is 40.3. The normalized spacial score (nSPS) is 12.0. The third-order valence-corrected chi connectivity index (χ3v) is 4.69. The highest BCUT2D eigenvalue weighted by atomic mass is 32.1. The van der Waals surface area contributed by atoms with Crippen molar-refractivity contribution >= 4 is 16.3 Å². The largest absolute Gasteiger partial charge is 0.416 e. The third-order valence-electron chi connectivity index (χ3n) is 3.74. The number of aryl methyl sites for hydroxylation is 1. The first-order valence-electron chi connectivity index (χ1n) is 7.39. The van der Waals surface area contributed by atoms with Crippen molar-refractivity contribution in [2.45, 2.75) is 13.1 Å². The van der Waals surface area contributed by atoms with Gasteiger partial charge in [0.05, 0.1) is 5.56 Å². The number of fused-ring (bicyclic) bond motifs is 1. The summed E-state index contributed by atoms with van der Waals surface area (Å²) in [5, 5.41) is 13.2. The Labute approximate surface area is 144 Å². The molecule has 0 amide bonds. The predicted octanol–water partition coefficient (Wildman–Crippen LogP) is 4.85. The van der Waals surface area contributed by atoms with Crippen molar-refractivity contribution in [3.8, 4) is 22.0 Å². The van der Waals surface area contributed by atoms with Crippen molar-refractivity contribution in [3.05, 3.63) is 59.7 Å². The van der Waals surface area contributed by atoms with Crippen LogP contribution in [0.5, 0.6) is 0 Å². The van der Waals surface area contributed by atoms with Crippen molar-refractivity contribution in [1.82, 2.24) is 19.8 Å². The average Bonchev–Trinajstić information content (AvgIpc) is 3.15. The summed E-state index contributed by atoms with van der Waals surface area (Å²) in [6.07, 6.45) is -4.41. The molecule has 0 spiro atoms. The number of aromatic nitrogens is 4. The van der Waals surface area contributed by atoms with Crippen LogP contribution in [0.1, 0.15) is 11.1 Å². The molecular formula is C17H11F3N4S. The molecule has 4 aromatic rings. The number of rotatable bonds is 2. The second-order valence-corrected chi connectivity index (χ2v) is 6.53. The number of hydrogen-bond donors (Lipinski definition) is 0. The summed E-state index contributed by atoms with van der Waals surface area (Å²) in [5.74, 6) is 0.288. The highest BCUT2D eigenvalue weighted by molar-refractivity contribution is 7.19. The van der Waals surface area contributed by atoms with Crippen LogP contribution in [-0.4, -0.2) is 19.8 Å². The molecule has 4 nitrogen and oxygen atoms in total. The Morgan fingerprint density at radius 3 is 2.44 bits per heavy atom. The molecule has 0 aliphatic heterocycles. The van der Waals surface area contributed by atoms with Gasteiger partial charge in [-0.15, -0.1) is 10.2 Å². The standard InChI is InChI=1S/C17H11F3N4S/c1-10-5-7-11(8-6-10)15-23-24-14(21-22-16(24)25-15)12-3-2-4-13(9-12)17(18,19)20/h2-9H,1H3. The lowest BCUT2D eigenvalue weighted by molar-refractivity contribution is -0.137. The Morgan fingerprint density at radius 1 is 0.960 bits per heavy atom. The van der Waals surface area contributed by atoms with Crippen LogP contribution in [0.3, 0.4) is 0 Å². The van der Waals surface area contributed by atoms with Gasteiger partial charge >= 0.3 is 6.18 Å². The summed E-state index contributed by atoms with van der Waals surface area (Å²) in [5.41, 5.74) is 1.66. The van der Waals surface area contributed by atoms with Gasteiger partial charge in [-0.2, -0.15) is 22.8 Å². The molecule has 0 N–H and O–H groups in total. The summed E-state index contributed by atoms with van der Waals surface area (Å²) >= 11 is 1.34. The van der Waals surface area contributed by atoms with E-state index in [9.17, 15) is 13.2 Å².